The highest BCUT2D eigenvalue weighted by Gasteiger charge is 2.54. The Bertz CT molecular complexity index is 1120. The minimum atomic E-state index is -1.70. The van der Waals surface area contributed by atoms with Crippen LogP contribution in [0.4, 0.5) is 0 Å². The number of hydrogen-bond donors (Lipinski definition) is 0. The summed E-state index contributed by atoms with van der Waals surface area (Å²) in [7, 11) is 0. The van der Waals surface area contributed by atoms with Crippen LogP contribution in [0.25, 0.3) is 0 Å². The zero-order valence-corrected chi connectivity index (χ0v) is 16.5. The van der Waals surface area contributed by atoms with E-state index in [0.29, 0.717) is 11.3 Å². The number of rotatable bonds is 4. The van der Waals surface area contributed by atoms with Gasteiger partial charge in [-0.15, -0.1) is 0 Å². The first kappa shape index (κ1) is 19.5. The van der Waals surface area contributed by atoms with Gasteiger partial charge in [-0.05, 0) is 12.1 Å². The molecule has 0 saturated carbocycles. The van der Waals surface area contributed by atoms with Crippen LogP contribution in [0.2, 0.25) is 0 Å². The third-order valence-electron chi connectivity index (χ3n) is 5.10. The summed E-state index contributed by atoms with van der Waals surface area (Å²) >= 11 is 0. The molecule has 1 aromatic heterocycles. The number of carbonyl (C=O) groups is 2. The van der Waals surface area contributed by atoms with Gasteiger partial charge in [0, 0.05) is 26.1 Å². The molecule has 1 fully saturated rings. The van der Waals surface area contributed by atoms with E-state index in [-0.39, 0.29) is 12.6 Å². The summed E-state index contributed by atoms with van der Waals surface area (Å²) in [5.41, 5.74) is -0.167. The summed E-state index contributed by atoms with van der Waals surface area (Å²) in [6, 6.07) is 7.99. The molecule has 5 rings (SSSR count). The zero-order chi connectivity index (χ0) is 21.8. The molecule has 2 aromatic rings. The molecule has 1 saturated heterocycles. The van der Waals surface area contributed by atoms with Crippen molar-refractivity contribution in [1.82, 2.24) is 9.55 Å². The van der Waals surface area contributed by atoms with Crippen molar-refractivity contribution in [2.24, 2.45) is 0 Å². The Morgan fingerprint density at radius 2 is 2.03 bits per heavy atom. The van der Waals surface area contributed by atoms with E-state index in [9.17, 15) is 14.4 Å². The van der Waals surface area contributed by atoms with E-state index >= 15 is 0 Å². The van der Waals surface area contributed by atoms with Crippen molar-refractivity contribution in [3.8, 4) is 11.8 Å². The summed E-state index contributed by atoms with van der Waals surface area (Å²) in [4.78, 5) is 39.2. The van der Waals surface area contributed by atoms with Crippen LogP contribution in [0.1, 0.15) is 30.4 Å². The number of para-hydroxylation sites is 1. The van der Waals surface area contributed by atoms with E-state index in [1.54, 1.807) is 24.3 Å². The molecule has 11 nitrogen and oxygen atoms in total. The fourth-order valence-corrected chi connectivity index (χ4v) is 3.79. The lowest BCUT2D eigenvalue weighted by atomic mass is 10.1. The van der Waals surface area contributed by atoms with Gasteiger partial charge in [-0.3, -0.25) is 14.2 Å². The first-order valence-corrected chi connectivity index (χ1v) is 9.57. The van der Waals surface area contributed by atoms with E-state index < -0.39 is 48.0 Å². The molecule has 4 heterocycles. The molecule has 3 aliphatic rings. The monoisotopic (exact) mass is 430 g/mol. The SMILES string of the molecule is CC(=O)O[C@H]1[C@@H]2Oc3nc(=O)ccn3[C@@H]2O[C@@H]1COC1(C)OC(=O)c2ccccc2O1. The minimum Gasteiger partial charge on any atom is -0.456 e. The highest BCUT2D eigenvalue weighted by molar-refractivity contribution is 5.93. The number of esters is 2. The molecule has 5 atom stereocenters. The number of cyclic esters (lactones) is 1. The Morgan fingerprint density at radius 3 is 2.84 bits per heavy atom. The summed E-state index contributed by atoms with van der Waals surface area (Å²) in [6.07, 6.45) is -1.52. The number of fused-ring (bicyclic) bond motifs is 4. The van der Waals surface area contributed by atoms with E-state index in [1.807, 2.05) is 0 Å². The van der Waals surface area contributed by atoms with Gasteiger partial charge in [-0.25, -0.2) is 4.79 Å². The van der Waals surface area contributed by atoms with Crippen molar-refractivity contribution in [2.75, 3.05) is 6.61 Å². The van der Waals surface area contributed by atoms with E-state index in [4.69, 9.17) is 28.4 Å². The van der Waals surface area contributed by atoms with Crippen LogP contribution in [0.15, 0.2) is 41.3 Å². The average molecular weight is 430 g/mol. The number of benzene rings is 1. The first-order chi connectivity index (χ1) is 14.8. The second-order valence-electron chi connectivity index (χ2n) is 7.34. The van der Waals surface area contributed by atoms with Gasteiger partial charge in [0.15, 0.2) is 18.4 Å². The predicted molar refractivity (Wildman–Crippen MR) is 99.2 cm³/mol. The fourth-order valence-electron chi connectivity index (χ4n) is 3.79. The van der Waals surface area contributed by atoms with E-state index in [1.165, 1.54) is 30.7 Å². The quantitative estimate of drug-likeness (QED) is 0.643. The summed E-state index contributed by atoms with van der Waals surface area (Å²) in [6.45, 7) is 2.58. The predicted octanol–water partition coefficient (Wildman–Crippen LogP) is 0.773. The Morgan fingerprint density at radius 1 is 1.23 bits per heavy atom. The van der Waals surface area contributed by atoms with Gasteiger partial charge in [0.1, 0.15) is 17.4 Å². The average Bonchev–Trinajstić information content (AvgIpc) is 3.22. The molecule has 1 aromatic carbocycles. The van der Waals surface area contributed by atoms with Gasteiger partial charge in [-0.2, -0.15) is 4.98 Å². The molecule has 0 bridgehead atoms. The second kappa shape index (κ2) is 7.06. The number of hydrogen-bond acceptors (Lipinski definition) is 10. The molecule has 31 heavy (non-hydrogen) atoms. The smallest absolute Gasteiger partial charge is 0.371 e. The first-order valence-electron chi connectivity index (χ1n) is 9.57. The Hall–Kier alpha value is -3.44. The van der Waals surface area contributed by atoms with Crippen LogP contribution in [-0.4, -0.2) is 52.4 Å². The highest BCUT2D eigenvalue weighted by Crippen LogP contribution is 2.41. The third kappa shape index (κ3) is 3.41. The zero-order valence-electron chi connectivity index (χ0n) is 16.5. The molecular weight excluding hydrogens is 412 g/mol. The minimum absolute atomic E-state index is 0.0760. The number of ether oxygens (including phenoxy) is 6. The molecule has 162 valence electrons. The molecule has 0 aliphatic carbocycles. The van der Waals surface area contributed by atoms with E-state index in [2.05, 4.69) is 4.98 Å². The van der Waals surface area contributed by atoms with Crippen molar-refractivity contribution in [2.45, 2.75) is 44.4 Å². The van der Waals surface area contributed by atoms with Gasteiger partial charge < -0.3 is 28.4 Å². The van der Waals surface area contributed by atoms with Gasteiger partial charge in [0.2, 0.25) is 0 Å². The molecule has 0 radical (unpaired) electrons. The standard InChI is InChI=1S/C20H18N2O9/c1-10(23)27-15-13(28-17-16(15)29-19-21-14(24)7-8-22(17)19)9-26-20(2)30-12-6-4-3-5-11(12)18(25)31-20/h3-8,13,15-17H,9H2,1-2H3/t13-,15-,16+,17-,20?/m1/s1. The van der Waals surface area contributed by atoms with Crippen molar-refractivity contribution in [3.63, 3.8) is 0 Å². The molecule has 0 N–H and O–H groups in total. The largest absolute Gasteiger partial charge is 0.456 e. The lowest BCUT2D eigenvalue weighted by Crippen LogP contribution is -2.47. The van der Waals surface area contributed by atoms with Gasteiger partial charge in [0.25, 0.3) is 5.56 Å². The molecule has 3 aliphatic heterocycles. The van der Waals surface area contributed by atoms with Crippen LogP contribution in [0.5, 0.6) is 11.8 Å². The lowest BCUT2D eigenvalue weighted by molar-refractivity contribution is -0.318. The third-order valence-corrected chi connectivity index (χ3v) is 5.10. The number of carbonyl (C=O) groups excluding carboxylic acids is 2. The molecular formula is C20H18N2O9. The van der Waals surface area contributed by atoms with Gasteiger partial charge in [0.05, 0.1) is 6.61 Å². The number of aromatic nitrogens is 2. The normalized spacial score (nSPS) is 30.3. The maximum Gasteiger partial charge on any atom is 0.371 e. The highest BCUT2D eigenvalue weighted by atomic mass is 16.9. The van der Waals surface area contributed by atoms with Crippen molar-refractivity contribution in [1.29, 1.82) is 0 Å². The Kier molecular flexibility index (Phi) is 4.45. The Balaban J connectivity index is 1.34. The van der Waals surface area contributed by atoms with Crippen LogP contribution < -0.4 is 15.0 Å². The van der Waals surface area contributed by atoms with Gasteiger partial charge >= 0.3 is 23.9 Å². The second-order valence-corrected chi connectivity index (χ2v) is 7.34. The van der Waals surface area contributed by atoms with E-state index in [0.717, 1.165) is 0 Å². The van der Waals surface area contributed by atoms with Crippen molar-refractivity contribution in [3.05, 3.63) is 52.4 Å². The maximum atomic E-state index is 12.3. The van der Waals surface area contributed by atoms with Crippen LogP contribution >= 0.6 is 0 Å². The molecule has 11 heteroatoms. The summed E-state index contributed by atoms with van der Waals surface area (Å²) < 4.78 is 35.4. The summed E-state index contributed by atoms with van der Waals surface area (Å²) in [5.74, 6) is -2.49. The van der Waals surface area contributed by atoms with Crippen LogP contribution in [0, 0.1) is 0 Å². The van der Waals surface area contributed by atoms with Crippen molar-refractivity contribution < 1.29 is 38.0 Å². The molecule has 0 spiro atoms. The van der Waals surface area contributed by atoms with Crippen molar-refractivity contribution >= 4 is 11.9 Å². The molecule has 0 amide bonds. The van der Waals surface area contributed by atoms with Gasteiger partial charge in [-0.1, -0.05) is 12.1 Å². The maximum absolute atomic E-state index is 12.3. The summed E-state index contributed by atoms with van der Waals surface area (Å²) in [5, 5.41) is 0. The topological polar surface area (TPSA) is 124 Å². The van der Waals surface area contributed by atoms with Crippen LogP contribution in [0.3, 0.4) is 0 Å². The lowest BCUT2D eigenvalue weighted by Gasteiger charge is -2.34. The number of nitrogens with zero attached hydrogens (tertiary/aromatic N) is 2. The Labute approximate surface area is 175 Å². The van der Waals surface area contributed by atoms with Crippen LogP contribution in [-0.2, 0) is 23.7 Å². The fraction of sp³-hybridized carbons (Fsp3) is 0.400. The molecule has 1 unspecified atom stereocenters.